The van der Waals surface area contributed by atoms with Gasteiger partial charge in [0.15, 0.2) is 12.6 Å². The highest BCUT2D eigenvalue weighted by Gasteiger charge is 2.57. The molecule has 0 aliphatic carbocycles. The number of carboxylic acids is 1. The molecule has 3 aliphatic heterocycles. The lowest BCUT2D eigenvalue weighted by Crippen LogP contribution is -2.68. The van der Waals surface area contributed by atoms with Gasteiger partial charge in [0.1, 0.15) is 67.1 Å². The minimum absolute atomic E-state index is 0.719. The van der Waals surface area contributed by atoms with Crippen LogP contribution >= 0.6 is 0 Å². The van der Waals surface area contributed by atoms with Crippen molar-refractivity contribution in [1.82, 2.24) is 5.32 Å². The largest absolute Gasteiger partial charge is 0.477 e. The molecule has 5 unspecified atom stereocenters. The van der Waals surface area contributed by atoms with Gasteiger partial charge >= 0.3 is 5.97 Å². The minimum atomic E-state index is -2.83. The summed E-state index contributed by atoms with van der Waals surface area (Å²) in [4.78, 5) is 24.0. The van der Waals surface area contributed by atoms with Gasteiger partial charge in [0, 0.05) is 13.3 Å². The molecule has 16 atom stereocenters. The van der Waals surface area contributed by atoms with Gasteiger partial charge in [0.25, 0.3) is 5.79 Å². The van der Waals surface area contributed by atoms with E-state index in [4.69, 9.17) is 23.7 Å². The van der Waals surface area contributed by atoms with Crippen LogP contribution in [0.5, 0.6) is 0 Å². The zero-order chi connectivity index (χ0) is 32.4. The summed E-state index contributed by atoms with van der Waals surface area (Å²) in [5, 5.41) is 123. The van der Waals surface area contributed by atoms with E-state index in [-0.39, 0.29) is 0 Å². The average molecular weight is 634 g/mol. The van der Waals surface area contributed by atoms with Crippen molar-refractivity contribution in [3.8, 4) is 0 Å². The number of aliphatic carboxylic acids is 1. The number of ether oxygens (including phenoxy) is 5. The van der Waals surface area contributed by atoms with Crippen LogP contribution in [0.15, 0.2) is 0 Å². The van der Waals surface area contributed by atoms with Crippen molar-refractivity contribution in [1.29, 1.82) is 0 Å². The van der Waals surface area contributed by atoms with E-state index in [9.17, 15) is 70.9 Å². The van der Waals surface area contributed by atoms with Gasteiger partial charge in [-0.1, -0.05) is 0 Å². The maximum atomic E-state index is 12.3. The van der Waals surface area contributed by atoms with Crippen LogP contribution in [0.25, 0.3) is 0 Å². The van der Waals surface area contributed by atoms with Gasteiger partial charge in [-0.05, 0) is 0 Å². The Labute approximate surface area is 243 Å². The van der Waals surface area contributed by atoms with Crippen molar-refractivity contribution >= 4 is 11.9 Å². The number of rotatable bonds is 11. The zero-order valence-corrected chi connectivity index (χ0v) is 22.7. The Morgan fingerprint density at radius 3 is 2.14 bits per heavy atom. The minimum Gasteiger partial charge on any atom is -0.477 e. The van der Waals surface area contributed by atoms with Crippen LogP contribution in [0.3, 0.4) is 0 Å². The van der Waals surface area contributed by atoms with E-state index in [2.05, 4.69) is 5.32 Å². The van der Waals surface area contributed by atoms with Crippen LogP contribution < -0.4 is 5.32 Å². The smallest absolute Gasteiger partial charge is 0.364 e. The fourth-order valence-electron chi connectivity index (χ4n) is 5.05. The SMILES string of the molecule is CC(=O)N[C@H]1C([C@H](O)[C@H](O)CO)O[C@@](OCC2O[C@@H](O[C@H]3C(O)C(O)[C@H](O)O[C@H]3CO)[C@@H](O)C(O)[C@H]2O)(C(=O)O)C[C@H]1O. The Morgan fingerprint density at radius 1 is 0.930 bits per heavy atom. The first kappa shape index (κ1) is 35.8. The fraction of sp³-hybridized carbons (Fsp3) is 0.913. The van der Waals surface area contributed by atoms with Gasteiger partial charge in [0.2, 0.25) is 5.91 Å². The Bertz CT molecular complexity index is 942. The van der Waals surface area contributed by atoms with Gasteiger partial charge in [0.05, 0.1) is 32.0 Å². The Morgan fingerprint density at radius 2 is 1.58 bits per heavy atom. The predicted molar refractivity (Wildman–Crippen MR) is 130 cm³/mol. The molecule has 0 radical (unpaired) electrons. The first-order valence-electron chi connectivity index (χ1n) is 13.2. The summed E-state index contributed by atoms with van der Waals surface area (Å²) in [5.41, 5.74) is 0. The average Bonchev–Trinajstić information content (AvgIpc) is 2.96. The predicted octanol–water partition coefficient (Wildman–Crippen LogP) is -8.22. The van der Waals surface area contributed by atoms with Crippen LogP contribution in [-0.2, 0) is 33.3 Å². The topological polar surface area (TPSA) is 335 Å². The third kappa shape index (κ3) is 7.58. The number of nitrogens with one attached hydrogen (secondary N) is 1. The fourth-order valence-corrected chi connectivity index (χ4v) is 5.05. The van der Waals surface area contributed by atoms with E-state index in [1.165, 1.54) is 0 Å². The molecule has 20 nitrogen and oxygen atoms in total. The number of aliphatic hydroxyl groups excluding tert-OH is 11. The Kier molecular flexibility index (Phi) is 12.1. The Hall–Kier alpha value is -1.70. The number of carbonyl (C=O) groups is 2. The zero-order valence-electron chi connectivity index (χ0n) is 22.7. The number of aliphatic hydroxyl groups is 11. The molecule has 0 aromatic heterocycles. The number of amides is 1. The number of carboxylic acid groups (broad SMARTS) is 1. The molecule has 0 spiro atoms. The van der Waals surface area contributed by atoms with Crippen molar-refractivity contribution in [3.63, 3.8) is 0 Å². The molecule has 20 heteroatoms. The van der Waals surface area contributed by atoms with Gasteiger partial charge in [-0.2, -0.15) is 0 Å². The molecule has 0 aromatic carbocycles. The van der Waals surface area contributed by atoms with Crippen LogP contribution in [0.2, 0.25) is 0 Å². The molecular weight excluding hydrogens is 594 g/mol. The van der Waals surface area contributed by atoms with E-state index >= 15 is 0 Å². The maximum Gasteiger partial charge on any atom is 0.364 e. The van der Waals surface area contributed by atoms with Crippen molar-refractivity contribution in [2.24, 2.45) is 0 Å². The lowest BCUT2D eigenvalue weighted by atomic mass is 9.88. The highest BCUT2D eigenvalue weighted by Crippen LogP contribution is 2.35. The molecular formula is C23H39NO19. The first-order valence-corrected chi connectivity index (χ1v) is 13.2. The number of carbonyl (C=O) groups excluding carboxylic acids is 1. The second-order valence-corrected chi connectivity index (χ2v) is 10.5. The highest BCUT2D eigenvalue weighted by atomic mass is 16.8. The van der Waals surface area contributed by atoms with E-state index in [1.807, 2.05) is 0 Å². The summed E-state index contributed by atoms with van der Waals surface area (Å²) >= 11 is 0. The molecule has 1 amide bonds. The number of hydrogen-bond donors (Lipinski definition) is 13. The molecule has 3 rings (SSSR count). The van der Waals surface area contributed by atoms with Crippen LogP contribution in [0, 0.1) is 0 Å². The molecule has 0 aromatic rings. The standard InChI is InChI=1S/C23H39NO19/c1-6(27)24-11-7(28)2-23(22(37)38,43-19(11)12(30)8(29)3-25)39-5-10-13(31)14(32)17(35)21(41-10)42-18-9(4-26)40-20(36)16(34)15(18)33/h7-21,25-26,28-36H,2-5H2,1H3,(H,24,27)(H,37,38)/t7-,8-,9+,10?,11-,12-,13+,14?,15?,16?,17+,18-,19?,20-,21+,23-/m1/s1. The molecule has 3 saturated heterocycles. The van der Waals surface area contributed by atoms with Crippen LogP contribution in [0.1, 0.15) is 13.3 Å². The molecule has 0 saturated carbocycles. The molecule has 13 N–H and O–H groups in total. The molecule has 0 bridgehead atoms. The van der Waals surface area contributed by atoms with Crippen molar-refractivity contribution in [2.75, 3.05) is 19.8 Å². The summed E-state index contributed by atoms with van der Waals surface area (Å²) < 4.78 is 26.7. The summed E-state index contributed by atoms with van der Waals surface area (Å²) in [5.74, 6) is -5.42. The lowest BCUT2D eigenvalue weighted by molar-refractivity contribution is -0.364. The van der Waals surface area contributed by atoms with Gasteiger partial charge in [-0.15, -0.1) is 0 Å². The van der Waals surface area contributed by atoms with E-state index in [1.54, 1.807) is 0 Å². The molecule has 3 fully saturated rings. The van der Waals surface area contributed by atoms with Gasteiger partial charge in [-0.25, -0.2) is 4.79 Å². The summed E-state index contributed by atoms with van der Waals surface area (Å²) in [7, 11) is 0. The maximum absolute atomic E-state index is 12.3. The number of hydrogen-bond acceptors (Lipinski definition) is 18. The van der Waals surface area contributed by atoms with E-state index in [0.717, 1.165) is 6.92 Å². The quantitative estimate of drug-likeness (QED) is 0.100. The highest BCUT2D eigenvalue weighted by molar-refractivity contribution is 5.76. The third-order valence-corrected chi connectivity index (χ3v) is 7.47. The van der Waals surface area contributed by atoms with Crippen molar-refractivity contribution < 1.29 is 94.6 Å². The molecule has 43 heavy (non-hydrogen) atoms. The second kappa shape index (κ2) is 14.6. The second-order valence-electron chi connectivity index (χ2n) is 10.5. The van der Waals surface area contributed by atoms with Crippen LogP contribution in [0.4, 0.5) is 0 Å². The van der Waals surface area contributed by atoms with E-state index in [0.29, 0.717) is 0 Å². The first-order chi connectivity index (χ1) is 20.1. The van der Waals surface area contributed by atoms with E-state index < -0.39 is 136 Å². The van der Waals surface area contributed by atoms with Gasteiger partial charge in [-0.3, -0.25) is 4.79 Å². The van der Waals surface area contributed by atoms with Crippen molar-refractivity contribution in [2.45, 2.75) is 111 Å². The molecule has 3 aliphatic rings. The normalized spacial score (nSPS) is 45.3. The summed E-state index contributed by atoms with van der Waals surface area (Å²) in [6.45, 7) is -1.76. The van der Waals surface area contributed by atoms with Gasteiger partial charge < -0.3 is 90.3 Å². The summed E-state index contributed by atoms with van der Waals surface area (Å²) in [6, 6.07) is -1.48. The monoisotopic (exact) mass is 633 g/mol. The van der Waals surface area contributed by atoms with Crippen molar-refractivity contribution in [3.05, 3.63) is 0 Å². The molecule has 3 heterocycles. The summed E-state index contributed by atoms with van der Waals surface area (Å²) in [6.07, 6.45) is -27.0. The third-order valence-electron chi connectivity index (χ3n) is 7.47. The van der Waals surface area contributed by atoms with Crippen LogP contribution in [-0.4, -0.2) is 191 Å². The Balaban J connectivity index is 1.82. The lowest BCUT2D eigenvalue weighted by Gasteiger charge is -2.48. The molecule has 250 valence electrons.